The number of aromatic nitrogens is 1. The molecule has 1 aromatic heterocycles. The van der Waals surface area contributed by atoms with Crippen molar-refractivity contribution in [1.29, 1.82) is 0 Å². The first-order valence-electron chi connectivity index (χ1n) is 5.92. The summed E-state index contributed by atoms with van der Waals surface area (Å²) in [5, 5.41) is 0. The summed E-state index contributed by atoms with van der Waals surface area (Å²) >= 11 is 0. The van der Waals surface area contributed by atoms with Crippen LogP contribution in [-0.4, -0.2) is 35.3 Å². The van der Waals surface area contributed by atoms with Crippen LogP contribution in [0.4, 0.5) is 8.78 Å². The van der Waals surface area contributed by atoms with Gasteiger partial charge in [0.25, 0.3) is 0 Å². The molecule has 0 fully saturated rings. The number of rotatable bonds is 5. The minimum atomic E-state index is -0.848. The summed E-state index contributed by atoms with van der Waals surface area (Å²) in [6, 6.07) is 0.862. The van der Waals surface area contributed by atoms with Gasteiger partial charge in [0, 0.05) is 6.07 Å². The number of nitrogens with zero attached hydrogens (tertiary/aromatic N) is 2. The smallest absolute Gasteiger partial charge is 0.213 e. The number of Topliss-reactive ketones (excluding diaryl/α,β-unsaturated/α-hetero) is 1. The Labute approximate surface area is 106 Å². The van der Waals surface area contributed by atoms with Crippen LogP contribution in [0.25, 0.3) is 0 Å². The van der Waals surface area contributed by atoms with Crippen LogP contribution >= 0.6 is 0 Å². The third kappa shape index (κ3) is 2.41. The second-order valence-corrected chi connectivity index (χ2v) is 4.45. The zero-order valence-corrected chi connectivity index (χ0v) is 11.1. The molecule has 100 valence electrons. The number of halogens is 2. The number of carbonyl (C=O) groups is 1. The predicted octanol–water partition coefficient (Wildman–Crippen LogP) is 2.66. The van der Waals surface area contributed by atoms with Crippen LogP contribution in [0.3, 0.4) is 0 Å². The molecule has 0 bridgehead atoms. The Hall–Kier alpha value is -1.36. The number of carbonyl (C=O) groups excluding carboxylic acids is 1. The van der Waals surface area contributed by atoms with Crippen LogP contribution in [-0.2, 0) is 0 Å². The molecule has 0 amide bonds. The van der Waals surface area contributed by atoms with E-state index in [1.807, 2.05) is 13.8 Å². The molecular weight excluding hydrogens is 238 g/mol. The van der Waals surface area contributed by atoms with E-state index in [0.717, 1.165) is 12.3 Å². The summed E-state index contributed by atoms with van der Waals surface area (Å²) in [6.07, 6.45) is 1.80. The quantitative estimate of drug-likeness (QED) is 0.600. The van der Waals surface area contributed by atoms with E-state index in [1.165, 1.54) is 0 Å². The van der Waals surface area contributed by atoms with E-state index in [0.29, 0.717) is 12.8 Å². The minimum absolute atomic E-state index is 0.236. The van der Waals surface area contributed by atoms with Gasteiger partial charge in [-0.2, -0.15) is 4.39 Å². The van der Waals surface area contributed by atoms with E-state index in [1.54, 1.807) is 19.0 Å². The van der Waals surface area contributed by atoms with Gasteiger partial charge in [0.15, 0.2) is 11.6 Å². The Morgan fingerprint density at radius 2 is 1.89 bits per heavy atom. The molecular formula is C13H18F2N2O. The lowest BCUT2D eigenvalue weighted by atomic mass is 9.83. The van der Waals surface area contributed by atoms with Crippen LogP contribution in [0.2, 0.25) is 0 Å². The fraction of sp³-hybridized carbons (Fsp3) is 0.538. The Bertz CT molecular complexity index is 443. The minimum Gasteiger partial charge on any atom is -0.297 e. The second-order valence-electron chi connectivity index (χ2n) is 4.45. The molecule has 0 N–H and O–H groups in total. The van der Waals surface area contributed by atoms with Gasteiger partial charge in [-0.15, -0.1) is 0 Å². The molecule has 1 heterocycles. The number of pyridine rings is 1. The van der Waals surface area contributed by atoms with Crippen LogP contribution in [0.1, 0.15) is 37.0 Å². The third-order valence-electron chi connectivity index (χ3n) is 3.52. The second kappa shape index (κ2) is 5.52. The fourth-order valence-corrected chi connectivity index (χ4v) is 2.24. The number of ketones is 1. The molecule has 0 atom stereocenters. The van der Waals surface area contributed by atoms with Crippen molar-refractivity contribution in [3.63, 3.8) is 0 Å². The van der Waals surface area contributed by atoms with Gasteiger partial charge in [-0.3, -0.25) is 9.69 Å². The van der Waals surface area contributed by atoms with Crippen molar-refractivity contribution >= 4 is 5.78 Å². The topological polar surface area (TPSA) is 33.2 Å². The molecule has 18 heavy (non-hydrogen) atoms. The molecule has 0 saturated heterocycles. The average Bonchev–Trinajstić information content (AvgIpc) is 2.34. The molecule has 0 saturated carbocycles. The Balaban J connectivity index is 3.30. The van der Waals surface area contributed by atoms with E-state index in [-0.39, 0.29) is 5.56 Å². The molecule has 1 rings (SSSR count). The largest absolute Gasteiger partial charge is 0.297 e. The van der Waals surface area contributed by atoms with Crippen LogP contribution in [0.15, 0.2) is 12.3 Å². The van der Waals surface area contributed by atoms with Crippen LogP contribution in [0.5, 0.6) is 0 Å². The van der Waals surface area contributed by atoms with E-state index in [2.05, 4.69) is 4.98 Å². The monoisotopic (exact) mass is 256 g/mol. The number of hydrogen-bond donors (Lipinski definition) is 0. The maximum atomic E-state index is 13.6. The van der Waals surface area contributed by atoms with Crippen molar-refractivity contribution in [3.05, 3.63) is 29.6 Å². The third-order valence-corrected chi connectivity index (χ3v) is 3.52. The lowest BCUT2D eigenvalue weighted by Crippen LogP contribution is -2.50. The van der Waals surface area contributed by atoms with E-state index < -0.39 is 23.1 Å². The summed E-state index contributed by atoms with van der Waals surface area (Å²) in [5.74, 6) is -2.04. The van der Waals surface area contributed by atoms with Gasteiger partial charge >= 0.3 is 0 Å². The molecule has 0 unspecified atom stereocenters. The molecule has 0 aromatic carbocycles. The van der Waals surface area contributed by atoms with E-state index in [9.17, 15) is 13.6 Å². The van der Waals surface area contributed by atoms with Gasteiger partial charge in [-0.1, -0.05) is 13.8 Å². The maximum Gasteiger partial charge on any atom is 0.213 e. The highest BCUT2D eigenvalue weighted by atomic mass is 19.1. The Morgan fingerprint density at radius 1 is 1.33 bits per heavy atom. The maximum absolute atomic E-state index is 13.6. The molecule has 5 heteroatoms. The summed E-state index contributed by atoms with van der Waals surface area (Å²) in [4.78, 5) is 17.4. The Morgan fingerprint density at radius 3 is 2.33 bits per heavy atom. The Kier molecular flexibility index (Phi) is 4.51. The zero-order valence-electron chi connectivity index (χ0n) is 11.1. The van der Waals surface area contributed by atoms with Gasteiger partial charge < -0.3 is 0 Å². The highest BCUT2D eigenvalue weighted by Gasteiger charge is 2.39. The number of hydrogen-bond acceptors (Lipinski definition) is 3. The molecule has 0 aliphatic rings. The lowest BCUT2D eigenvalue weighted by molar-refractivity contribution is 0.0651. The van der Waals surface area contributed by atoms with Crippen molar-refractivity contribution in [1.82, 2.24) is 9.88 Å². The van der Waals surface area contributed by atoms with Crippen molar-refractivity contribution in [3.8, 4) is 0 Å². The van der Waals surface area contributed by atoms with Crippen molar-refractivity contribution in [2.75, 3.05) is 14.1 Å². The summed E-state index contributed by atoms with van der Waals surface area (Å²) in [5.41, 5.74) is -1.05. The van der Waals surface area contributed by atoms with Gasteiger partial charge in [0.1, 0.15) is 0 Å². The fourth-order valence-electron chi connectivity index (χ4n) is 2.24. The molecule has 3 nitrogen and oxygen atoms in total. The first kappa shape index (κ1) is 14.7. The number of likely N-dealkylation sites (N-methyl/N-ethyl adjacent to an activating group) is 1. The first-order valence-corrected chi connectivity index (χ1v) is 5.92. The molecule has 1 aromatic rings. The summed E-state index contributed by atoms with van der Waals surface area (Å²) in [6.45, 7) is 3.72. The summed E-state index contributed by atoms with van der Waals surface area (Å²) < 4.78 is 26.7. The zero-order chi connectivity index (χ0) is 13.9. The highest BCUT2D eigenvalue weighted by molar-refractivity contribution is 6.03. The predicted molar refractivity (Wildman–Crippen MR) is 65.5 cm³/mol. The van der Waals surface area contributed by atoms with Crippen molar-refractivity contribution in [2.24, 2.45) is 0 Å². The standard InChI is InChI=1S/C13H18F2N2O/c1-5-13(6-2,17(3)4)12(18)9-7-11(15)16-8-10(9)14/h7-8H,5-6H2,1-4H3. The van der Waals surface area contributed by atoms with Gasteiger partial charge in [-0.05, 0) is 26.9 Å². The van der Waals surface area contributed by atoms with Crippen LogP contribution in [0, 0.1) is 11.8 Å². The van der Waals surface area contributed by atoms with Crippen molar-refractivity contribution in [2.45, 2.75) is 32.2 Å². The van der Waals surface area contributed by atoms with Crippen LogP contribution < -0.4 is 0 Å². The van der Waals surface area contributed by atoms with Gasteiger partial charge in [0.05, 0.1) is 17.3 Å². The van der Waals surface area contributed by atoms with E-state index in [4.69, 9.17) is 0 Å². The summed E-state index contributed by atoms with van der Waals surface area (Å²) in [7, 11) is 3.53. The van der Waals surface area contributed by atoms with E-state index >= 15 is 0 Å². The lowest BCUT2D eigenvalue weighted by Gasteiger charge is -2.37. The van der Waals surface area contributed by atoms with Crippen molar-refractivity contribution < 1.29 is 13.6 Å². The normalized spacial score (nSPS) is 11.9. The first-order chi connectivity index (χ1) is 8.39. The SMILES string of the molecule is CCC(CC)(C(=O)c1cc(F)ncc1F)N(C)C. The highest BCUT2D eigenvalue weighted by Crippen LogP contribution is 2.27. The molecule has 0 aliphatic carbocycles. The average molecular weight is 256 g/mol. The molecule has 0 radical (unpaired) electrons. The molecule has 0 aliphatic heterocycles. The van der Waals surface area contributed by atoms with Gasteiger partial charge in [0.2, 0.25) is 5.95 Å². The van der Waals surface area contributed by atoms with Gasteiger partial charge in [-0.25, -0.2) is 9.37 Å². The molecule has 0 spiro atoms.